The monoisotopic (exact) mass is 530 g/mol. The fraction of sp³-hybridized carbons (Fsp3) is 0.344. The van der Waals surface area contributed by atoms with Gasteiger partial charge in [0.05, 0.1) is 25.9 Å². The Labute approximate surface area is 227 Å². The summed E-state index contributed by atoms with van der Waals surface area (Å²) >= 11 is 0. The average Bonchev–Trinajstić information content (AvgIpc) is 2.92. The van der Waals surface area contributed by atoms with Gasteiger partial charge in [-0.15, -0.1) is 0 Å². The first-order valence-corrected chi connectivity index (χ1v) is 15.0. The van der Waals surface area contributed by atoms with Crippen LogP contribution in [-0.2, 0) is 20.6 Å². The second-order valence-electron chi connectivity index (χ2n) is 10.7. The number of hydrogen-bond donors (Lipinski definition) is 0. The van der Waals surface area contributed by atoms with Crippen LogP contribution in [0.25, 0.3) is 0 Å². The van der Waals surface area contributed by atoms with Gasteiger partial charge >= 0.3 is 14.3 Å². The van der Waals surface area contributed by atoms with E-state index >= 15 is 0 Å². The van der Waals surface area contributed by atoms with Crippen LogP contribution in [0.1, 0.15) is 43.1 Å². The van der Waals surface area contributed by atoms with Gasteiger partial charge in [-0.25, -0.2) is 4.79 Å². The molecule has 200 valence electrons. The van der Waals surface area contributed by atoms with Crippen molar-refractivity contribution in [2.45, 2.75) is 50.9 Å². The molecule has 0 radical (unpaired) electrons. The van der Waals surface area contributed by atoms with Gasteiger partial charge in [0.2, 0.25) is 0 Å². The number of carbonyl (C=O) groups excluding carboxylic acids is 1. The highest BCUT2D eigenvalue weighted by atomic mass is 28.4. The molecule has 0 spiro atoms. The number of carbonyl (C=O) groups is 1. The largest absolute Gasteiger partial charge is 0.533 e. The quantitative estimate of drug-likeness (QED) is 0.213. The minimum Gasteiger partial charge on any atom is -0.533 e. The molecule has 1 aliphatic rings. The van der Waals surface area contributed by atoms with E-state index in [0.717, 1.165) is 22.4 Å². The summed E-state index contributed by atoms with van der Waals surface area (Å²) in [7, 11) is 0.142. The summed E-state index contributed by atoms with van der Waals surface area (Å²) in [4.78, 5) is 13.3. The van der Waals surface area contributed by atoms with E-state index in [0.29, 0.717) is 24.3 Å². The van der Waals surface area contributed by atoms with E-state index in [1.807, 2.05) is 36.4 Å². The fourth-order valence-corrected chi connectivity index (χ4v) is 9.78. The molecule has 0 fully saturated rings. The zero-order chi connectivity index (χ0) is 27.2. The fourth-order valence-electron chi connectivity index (χ4n) is 5.35. The lowest BCUT2D eigenvalue weighted by Crippen LogP contribution is -2.69. The molecule has 1 aliphatic heterocycles. The third-order valence-electron chi connectivity index (χ3n) is 7.08. The van der Waals surface area contributed by atoms with Crippen LogP contribution in [-0.4, -0.2) is 47.3 Å². The molecule has 4 rings (SSSR count). The average molecular weight is 531 g/mol. The standard InChI is InChI=1S/C32H38O5Si/c1-32(2,3)38(27-17-8-6-9-18-27,28-19-10-7-11-20-28)37-29-21-12-14-24(30(29)31(33)35-5)22-25-15-13-16-26(36-25)23-34-4/h6-14,16-21,25-26H,15,22-23H2,1-5H3/t25-,26-/m1/s1. The highest BCUT2D eigenvalue weighted by Crippen LogP contribution is 2.39. The number of esters is 1. The third kappa shape index (κ3) is 5.78. The molecule has 3 aromatic rings. The predicted molar refractivity (Wildman–Crippen MR) is 154 cm³/mol. The van der Waals surface area contributed by atoms with E-state index in [4.69, 9.17) is 18.6 Å². The van der Waals surface area contributed by atoms with Gasteiger partial charge < -0.3 is 18.6 Å². The number of hydrogen-bond acceptors (Lipinski definition) is 5. The van der Waals surface area contributed by atoms with E-state index in [1.165, 1.54) is 7.11 Å². The van der Waals surface area contributed by atoms with Crippen LogP contribution in [0.2, 0.25) is 5.04 Å². The molecule has 0 bridgehead atoms. The van der Waals surface area contributed by atoms with Crippen molar-refractivity contribution in [1.82, 2.24) is 0 Å². The molecule has 1 heterocycles. The van der Waals surface area contributed by atoms with Gasteiger partial charge in [-0.05, 0) is 39.9 Å². The summed E-state index contributed by atoms with van der Waals surface area (Å²) in [5.74, 6) is 0.136. The minimum absolute atomic E-state index is 0.0772. The van der Waals surface area contributed by atoms with E-state index in [2.05, 4.69) is 75.4 Å². The summed E-state index contributed by atoms with van der Waals surface area (Å²) < 4.78 is 24.1. The first-order chi connectivity index (χ1) is 18.3. The van der Waals surface area contributed by atoms with Crippen LogP contribution < -0.4 is 14.8 Å². The van der Waals surface area contributed by atoms with Crippen LogP contribution in [0.15, 0.2) is 91.0 Å². The van der Waals surface area contributed by atoms with E-state index in [9.17, 15) is 4.79 Å². The van der Waals surface area contributed by atoms with Gasteiger partial charge in [0.1, 0.15) is 11.3 Å². The zero-order valence-corrected chi connectivity index (χ0v) is 24.0. The third-order valence-corrected chi connectivity index (χ3v) is 12.0. The normalized spacial score (nSPS) is 17.7. The van der Waals surface area contributed by atoms with Gasteiger partial charge in [-0.2, -0.15) is 0 Å². The van der Waals surface area contributed by atoms with Crippen molar-refractivity contribution in [2.24, 2.45) is 0 Å². The molecule has 0 aromatic heterocycles. The van der Waals surface area contributed by atoms with Crippen molar-refractivity contribution >= 4 is 24.7 Å². The van der Waals surface area contributed by atoms with Crippen LogP contribution in [0.4, 0.5) is 0 Å². The highest BCUT2D eigenvalue weighted by molar-refractivity contribution is 7.00. The van der Waals surface area contributed by atoms with E-state index in [1.54, 1.807) is 7.11 Å². The van der Waals surface area contributed by atoms with E-state index in [-0.39, 0.29) is 17.2 Å². The Morgan fingerprint density at radius 1 is 0.921 bits per heavy atom. The first-order valence-electron chi connectivity index (χ1n) is 13.1. The second-order valence-corrected chi connectivity index (χ2v) is 14.9. The van der Waals surface area contributed by atoms with Gasteiger partial charge in [-0.1, -0.05) is 106 Å². The van der Waals surface area contributed by atoms with Crippen molar-refractivity contribution in [1.29, 1.82) is 0 Å². The molecular formula is C32H38O5Si. The van der Waals surface area contributed by atoms with Crippen LogP contribution in [0, 0.1) is 0 Å². The Balaban J connectivity index is 1.83. The van der Waals surface area contributed by atoms with Gasteiger partial charge in [0.25, 0.3) is 0 Å². The molecular weight excluding hydrogens is 492 g/mol. The van der Waals surface area contributed by atoms with Crippen molar-refractivity contribution in [3.05, 3.63) is 102 Å². The SMILES string of the molecule is COC[C@H]1C=CC[C@H](Cc2cccc(O[Si](c3ccccc3)(c3ccccc3)C(C)(C)C)c2C(=O)OC)O1. The second kappa shape index (κ2) is 12.1. The minimum atomic E-state index is -2.94. The van der Waals surface area contributed by atoms with Crippen molar-refractivity contribution in [3.8, 4) is 5.75 Å². The molecule has 38 heavy (non-hydrogen) atoms. The zero-order valence-electron chi connectivity index (χ0n) is 23.0. The number of ether oxygens (including phenoxy) is 3. The topological polar surface area (TPSA) is 54.0 Å². The smallest absolute Gasteiger partial charge is 0.341 e. The van der Waals surface area contributed by atoms with Crippen molar-refractivity contribution in [3.63, 3.8) is 0 Å². The molecule has 0 amide bonds. The van der Waals surface area contributed by atoms with Crippen LogP contribution in [0.5, 0.6) is 5.75 Å². The van der Waals surface area contributed by atoms with Gasteiger partial charge in [0.15, 0.2) is 0 Å². The Bertz CT molecular complexity index is 1190. The molecule has 3 aromatic carbocycles. The molecule has 2 atom stereocenters. The molecule has 0 saturated carbocycles. The first kappa shape index (κ1) is 27.8. The maximum atomic E-state index is 13.3. The molecule has 5 nitrogen and oxygen atoms in total. The van der Waals surface area contributed by atoms with Crippen molar-refractivity contribution in [2.75, 3.05) is 20.8 Å². The summed E-state index contributed by atoms with van der Waals surface area (Å²) in [6, 6.07) is 26.6. The maximum Gasteiger partial charge on any atom is 0.341 e. The Morgan fingerprint density at radius 3 is 2.11 bits per heavy atom. The highest BCUT2D eigenvalue weighted by Gasteiger charge is 2.52. The lowest BCUT2D eigenvalue weighted by atomic mass is 9.98. The maximum absolute atomic E-state index is 13.3. The lowest BCUT2D eigenvalue weighted by molar-refractivity contribution is -0.0294. The lowest BCUT2D eigenvalue weighted by Gasteiger charge is -2.43. The predicted octanol–water partition coefficient (Wildman–Crippen LogP) is 5.31. The molecule has 0 aliphatic carbocycles. The number of benzene rings is 3. The summed E-state index contributed by atoms with van der Waals surface area (Å²) in [5, 5.41) is 2.04. The van der Waals surface area contributed by atoms with Crippen molar-refractivity contribution < 1.29 is 23.4 Å². The Kier molecular flexibility index (Phi) is 8.87. The summed E-state index contributed by atoms with van der Waals surface area (Å²) in [6.07, 6.45) is 5.30. The Morgan fingerprint density at radius 2 is 1.55 bits per heavy atom. The summed E-state index contributed by atoms with van der Waals surface area (Å²) in [6.45, 7) is 7.16. The summed E-state index contributed by atoms with van der Waals surface area (Å²) in [5.41, 5.74) is 1.31. The van der Waals surface area contributed by atoms with Gasteiger partial charge in [-0.3, -0.25) is 0 Å². The molecule has 0 N–H and O–H groups in total. The van der Waals surface area contributed by atoms with Crippen LogP contribution in [0.3, 0.4) is 0 Å². The van der Waals surface area contributed by atoms with Crippen LogP contribution >= 0.6 is 0 Å². The number of rotatable bonds is 9. The Hall–Kier alpha value is -3.19. The molecule has 6 heteroatoms. The van der Waals surface area contributed by atoms with Gasteiger partial charge in [0, 0.05) is 7.11 Å². The van der Waals surface area contributed by atoms with E-state index < -0.39 is 14.3 Å². The molecule has 0 saturated heterocycles. The molecule has 0 unspecified atom stereocenters. The number of methoxy groups -OCH3 is 2.